The maximum Gasteiger partial charge on any atom is 0.312 e. The summed E-state index contributed by atoms with van der Waals surface area (Å²) in [5, 5.41) is 0. The molecule has 0 radical (unpaired) electrons. The van der Waals surface area contributed by atoms with Gasteiger partial charge in [-0.25, -0.2) is 4.89 Å². The van der Waals surface area contributed by atoms with Gasteiger partial charge in [-0.15, -0.1) is 9.34 Å². The van der Waals surface area contributed by atoms with Gasteiger partial charge in [0.1, 0.15) is 0 Å². The van der Waals surface area contributed by atoms with E-state index in [0.717, 1.165) is 13.1 Å². The summed E-state index contributed by atoms with van der Waals surface area (Å²) in [6.45, 7) is 1.87. The lowest BCUT2D eigenvalue weighted by molar-refractivity contribution is 0.229. The van der Waals surface area contributed by atoms with Crippen LogP contribution in [0.25, 0.3) is 0 Å². The number of rotatable bonds is 2. The molecule has 0 aromatic carbocycles. The molecular weight excluding hydrogens is 163 g/mol. The quantitative estimate of drug-likeness (QED) is 0.615. The van der Waals surface area contributed by atoms with Crippen LogP contribution in [0.3, 0.4) is 0 Å². The second kappa shape index (κ2) is 3.33. The first-order valence-corrected chi connectivity index (χ1v) is 5.47. The maximum absolute atomic E-state index is 10.1. The van der Waals surface area contributed by atoms with E-state index < -0.39 is 7.79 Å². The van der Waals surface area contributed by atoms with Crippen molar-refractivity contribution in [3.63, 3.8) is 0 Å². The van der Waals surface area contributed by atoms with E-state index in [2.05, 4.69) is 0 Å². The molecule has 66 valence electrons. The summed E-state index contributed by atoms with van der Waals surface area (Å²) in [6.07, 6.45) is 0.444. The van der Waals surface area contributed by atoms with Crippen molar-refractivity contribution in [1.29, 1.82) is 0 Å². The molecule has 0 atom stereocenters. The van der Waals surface area contributed by atoms with Crippen molar-refractivity contribution in [3.8, 4) is 0 Å². The van der Waals surface area contributed by atoms with Crippen molar-refractivity contribution in [1.82, 2.24) is 9.34 Å². The summed E-state index contributed by atoms with van der Waals surface area (Å²) in [5.41, 5.74) is 0. The second-order valence-corrected chi connectivity index (χ2v) is 5.88. The van der Waals surface area contributed by atoms with Crippen LogP contribution in [0.2, 0.25) is 0 Å². The van der Waals surface area contributed by atoms with Gasteiger partial charge in [0, 0.05) is 21.2 Å². The topological polar surface area (TPSA) is 35.9 Å². The van der Waals surface area contributed by atoms with Crippen LogP contribution in [0.5, 0.6) is 0 Å². The van der Waals surface area contributed by atoms with Gasteiger partial charge >= 0.3 is 7.79 Å². The lowest BCUT2D eigenvalue weighted by Crippen LogP contribution is -2.22. The average molecular weight is 179 g/mol. The summed E-state index contributed by atoms with van der Waals surface area (Å²) in [4.78, 5) is 10.1. The average Bonchev–Trinajstić information content (AvgIpc) is 2.19. The van der Waals surface area contributed by atoms with Crippen LogP contribution < -0.4 is 0 Å². The fourth-order valence-corrected chi connectivity index (χ4v) is 3.32. The van der Waals surface area contributed by atoms with Gasteiger partial charge in [0.25, 0.3) is 0 Å². The van der Waals surface area contributed by atoms with E-state index >= 15 is 0 Å². The van der Waals surface area contributed by atoms with Gasteiger partial charge in [-0.3, -0.25) is 0 Å². The highest BCUT2D eigenvalue weighted by molar-refractivity contribution is 7.65. The van der Waals surface area contributed by atoms with Crippen LogP contribution in [0, 0.1) is 0 Å². The van der Waals surface area contributed by atoms with Crippen LogP contribution in [0.4, 0.5) is 0 Å². The second-order valence-electron chi connectivity index (χ2n) is 2.87. The fourth-order valence-electron chi connectivity index (χ4n) is 1.24. The van der Waals surface area contributed by atoms with E-state index in [9.17, 15) is 4.89 Å². The molecule has 0 bridgehead atoms. The summed E-state index contributed by atoms with van der Waals surface area (Å²) >= 11 is 0. The van der Waals surface area contributed by atoms with Gasteiger partial charge < -0.3 is 4.74 Å². The van der Waals surface area contributed by atoms with Crippen LogP contribution in [-0.4, -0.2) is 54.9 Å². The van der Waals surface area contributed by atoms with Gasteiger partial charge in [-0.2, -0.15) is 0 Å². The van der Waals surface area contributed by atoms with Crippen molar-refractivity contribution in [3.05, 3.63) is 0 Å². The summed E-state index contributed by atoms with van der Waals surface area (Å²) in [6, 6.07) is 0. The molecule has 1 saturated heterocycles. The predicted octanol–water partition coefficient (Wildman–Crippen LogP) is 0.222. The Bertz CT molecular complexity index is 135. The lowest BCUT2D eigenvalue weighted by atomic mass is 10.6. The highest BCUT2D eigenvalue weighted by Crippen LogP contribution is 2.62. The standard InChI is InChI=1S/C6H16N2O2P/c1-7-4-5-8(2)11(7,9)6-10-3/h9H,4-6H2,1-3H3/q+1. The summed E-state index contributed by atoms with van der Waals surface area (Å²) < 4.78 is 8.98. The van der Waals surface area contributed by atoms with Crippen LogP contribution in [0.15, 0.2) is 0 Å². The molecule has 1 aliphatic heterocycles. The molecule has 1 rings (SSSR count). The first-order valence-electron chi connectivity index (χ1n) is 3.64. The fraction of sp³-hybridized carbons (Fsp3) is 1.00. The zero-order valence-corrected chi connectivity index (χ0v) is 8.21. The molecule has 11 heavy (non-hydrogen) atoms. The molecule has 0 aromatic rings. The number of nitrogens with zero attached hydrogens (tertiary/aromatic N) is 2. The number of hydrogen-bond donors (Lipinski definition) is 1. The van der Waals surface area contributed by atoms with E-state index in [0.29, 0.717) is 6.35 Å². The van der Waals surface area contributed by atoms with Crippen molar-refractivity contribution >= 4 is 7.79 Å². The SMILES string of the molecule is COC[P+]1(O)N(C)CCN1C. The largest absolute Gasteiger partial charge is 0.344 e. The molecule has 5 heteroatoms. The maximum atomic E-state index is 10.1. The molecule has 0 spiro atoms. The minimum Gasteiger partial charge on any atom is -0.344 e. The molecular formula is C6H16N2O2P+. The molecule has 0 unspecified atom stereocenters. The molecule has 0 amide bonds. The smallest absolute Gasteiger partial charge is 0.312 e. The third-order valence-corrected chi connectivity index (χ3v) is 5.33. The molecule has 0 aromatic heterocycles. The van der Waals surface area contributed by atoms with Crippen molar-refractivity contribution in [2.24, 2.45) is 0 Å². The Kier molecular flexibility index (Phi) is 2.84. The van der Waals surface area contributed by atoms with Crippen LogP contribution in [0.1, 0.15) is 0 Å². The minimum absolute atomic E-state index is 0.444. The van der Waals surface area contributed by atoms with Crippen LogP contribution >= 0.6 is 7.79 Å². The highest BCUT2D eigenvalue weighted by Gasteiger charge is 2.51. The summed E-state index contributed by atoms with van der Waals surface area (Å²) in [5.74, 6) is 0. The normalized spacial score (nSPS) is 26.2. The molecule has 0 saturated carbocycles. The number of likely N-dealkylation sites (N-methyl/N-ethyl adjacent to an activating group) is 2. The lowest BCUT2D eigenvalue weighted by Gasteiger charge is -2.23. The van der Waals surface area contributed by atoms with Crippen molar-refractivity contribution in [2.75, 3.05) is 40.6 Å². The number of hydrogen-bond acceptors (Lipinski definition) is 4. The molecule has 1 N–H and O–H groups in total. The van der Waals surface area contributed by atoms with E-state index in [1.54, 1.807) is 7.11 Å². The Morgan fingerprint density at radius 3 is 2.18 bits per heavy atom. The molecule has 1 aliphatic rings. The third-order valence-electron chi connectivity index (χ3n) is 2.14. The molecule has 1 fully saturated rings. The van der Waals surface area contributed by atoms with Gasteiger partial charge in [0.05, 0.1) is 13.1 Å². The van der Waals surface area contributed by atoms with Crippen LogP contribution in [-0.2, 0) is 4.74 Å². The summed E-state index contributed by atoms with van der Waals surface area (Å²) in [7, 11) is 3.45. The van der Waals surface area contributed by atoms with Gasteiger partial charge in [-0.1, -0.05) is 0 Å². The van der Waals surface area contributed by atoms with Gasteiger partial charge in [0.2, 0.25) is 6.35 Å². The zero-order chi connectivity index (χ0) is 8.48. The van der Waals surface area contributed by atoms with Crippen molar-refractivity contribution < 1.29 is 9.63 Å². The Morgan fingerprint density at radius 2 is 1.82 bits per heavy atom. The Labute approximate surface area is 68.3 Å². The van der Waals surface area contributed by atoms with E-state index in [1.807, 2.05) is 23.4 Å². The molecule has 1 heterocycles. The Balaban J connectivity index is 2.63. The Hall–Kier alpha value is 0.270. The van der Waals surface area contributed by atoms with Gasteiger partial charge in [-0.05, 0) is 0 Å². The predicted molar refractivity (Wildman–Crippen MR) is 46.3 cm³/mol. The third kappa shape index (κ3) is 1.55. The van der Waals surface area contributed by atoms with Crippen molar-refractivity contribution in [2.45, 2.75) is 0 Å². The number of ether oxygens (including phenoxy) is 1. The highest BCUT2D eigenvalue weighted by atomic mass is 31.2. The first kappa shape index (κ1) is 9.36. The minimum atomic E-state index is -2.06. The molecule has 4 nitrogen and oxygen atoms in total. The van der Waals surface area contributed by atoms with E-state index in [4.69, 9.17) is 4.74 Å². The van der Waals surface area contributed by atoms with Gasteiger partial charge in [0.15, 0.2) is 0 Å². The Morgan fingerprint density at radius 1 is 1.36 bits per heavy atom. The monoisotopic (exact) mass is 179 g/mol. The zero-order valence-electron chi connectivity index (χ0n) is 7.32. The number of methoxy groups -OCH3 is 1. The van der Waals surface area contributed by atoms with E-state index in [1.165, 1.54) is 0 Å². The molecule has 0 aliphatic carbocycles. The van der Waals surface area contributed by atoms with E-state index in [-0.39, 0.29) is 0 Å². The first-order chi connectivity index (χ1) is 5.11.